The Morgan fingerprint density at radius 3 is 2.48 bits per heavy atom. The molecule has 3 rings (SSSR count). The molecule has 0 aliphatic rings. The first-order chi connectivity index (χ1) is 12.0. The van der Waals surface area contributed by atoms with Gasteiger partial charge in [-0.05, 0) is 22.9 Å². The van der Waals surface area contributed by atoms with Crippen LogP contribution in [-0.2, 0) is 10.0 Å². The summed E-state index contributed by atoms with van der Waals surface area (Å²) >= 11 is 0. The van der Waals surface area contributed by atoms with Crippen molar-refractivity contribution < 1.29 is 13.3 Å². The summed E-state index contributed by atoms with van der Waals surface area (Å²) in [5, 5.41) is 16.1. The number of fused-ring (bicyclic) bond motifs is 1. The van der Waals surface area contributed by atoms with Gasteiger partial charge in [0.05, 0.1) is 16.0 Å². The predicted molar refractivity (Wildman–Crippen MR) is 95.0 cm³/mol. The molecule has 0 heterocycles. The van der Waals surface area contributed by atoms with Gasteiger partial charge in [-0.25, -0.2) is 4.83 Å². The Kier molecular flexibility index (Phi) is 4.44. The number of hydrazone groups is 1. The number of hydrogen-bond acceptors (Lipinski definition) is 5. The Hall–Kier alpha value is -3.26. The van der Waals surface area contributed by atoms with E-state index < -0.39 is 14.9 Å². The molecule has 0 saturated heterocycles. The molecular formula is C17H13N3O4S. The first kappa shape index (κ1) is 16.6. The molecule has 0 aromatic heterocycles. The molecule has 3 aromatic carbocycles. The number of nitro groups is 1. The number of non-ortho nitro benzene ring substituents is 1. The topological polar surface area (TPSA) is 102 Å². The normalized spacial score (nSPS) is 11.7. The van der Waals surface area contributed by atoms with Gasteiger partial charge in [0.15, 0.2) is 0 Å². The van der Waals surface area contributed by atoms with Crippen LogP contribution < -0.4 is 4.83 Å². The van der Waals surface area contributed by atoms with E-state index in [1.807, 2.05) is 24.3 Å². The molecule has 8 heteroatoms. The summed E-state index contributed by atoms with van der Waals surface area (Å²) in [5.41, 5.74) is 0.316. The second-order valence-electron chi connectivity index (χ2n) is 5.21. The van der Waals surface area contributed by atoms with Crippen LogP contribution in [-0.4, -0.2) is 19.6 Å². The van der Waals surface area contributed by atoms with E-state index in [2.05, 4.69) is 9.93 Å². The van der Waals surface area contributed by atoms with Crippen molar-refractivity contribution in [2.24, 2.45) is 5.10 Å². The van der Waals surface area contributed by atoms with Gasteiger partial charge in [0.1, 0.15) is 0 Å². The van der Waals surface area contributed by atoms with Crippen LogP contribution in [0.4, 0.5) is 5.69 Å². The van der Waals surface area contributed by atoms with Crippen LogP contribution in [0, 0.1) is 10.1 Å². The second kappa shape index (κ2) is 6.70. The van der Waals surface area contributed by atoms with Crippen LogP contribution in [0.5, 0.6) is 0 Å². The fourth-order valence-electron chi connectivity index (χ4n) is 2.28. The molecule has 0 spiro atoms. The van der Waals surface area contributed by atoms with Crippen molar-refractivity contribution in [3.63, 3.8) is 0 Å². The van der Waals surface area contributed by atoms with Crippen LogP contribution in [0.2, 0.25) is 0 Å². The molecule has 0 aliphatic heterocycles. The van der Waals surface area contributed by atoms with E-state index in [-0.39, 0.29) is 10.6 Å². The fourth-order valence-corrected chi connectivity index (χ4v) is 3.10. The maximum Gasteiger partial charge on any atom is 0.276 e. The van der Waals surface area contributed by atoms with E-state index in [1.165, 1.54) is 30.5 Å². The molecule has 0 atom stereocenters. The summed E-state index contributed by atoms with van der Waals surface area (Å²) < 4.78 is 24.6. The number of hydrogen-bond donors (Lipinski definition) is 1. The minimum atomic E-state index is -3.83. The second-order valence-corrected chi connectivity index (χ2v) is 6.87. The average molecular weight is 355 g/mol. The molecule has 1 N–H and O–H groups in total. The summed E-state index contributed by atoms with van der Waals surface area (Å²) in [4.78, 5) is 12.4. The van der Waals surface area contributed by atoms with E-state index in [4.69, 9.17) is 0 Å². The van der Waals surface area contributed by atoms with Crippen molar-refractivity contribution in [3.05, 3.63) is 82.4 Å². The lowest BCUT2D eigenvalue weighted by atomic mass is 10.1. The Labute approximate surface area is 143 Å². The lowest BCUT2D eigenvalue weighted by molar-refractivity contribution is -0.384. The van der Waals surface area contributed by atoms with Crippen molar-refractivity contribution in [1.82, 2.24) is 4.83 Å². The quantitative estimate of drug-likeness (QED) is 0.432. The molecule has 0 amide bonds. The number of nitrogens with one attached hydrogen (secondary N) is 1. The maximum atomic E-state index is 12.3. The highest BCUT2D eigenvalue weighted by Gasteiger charge is 2.13. The Balaban J connectivity index is 1.81. The highest BCUT2D eigenvalue weighted by molar-refractivity contribution is 7.89. The Bertz CT molecular complexity index is 1080. The van der Waals surface area contributed by atoms with E-state index in [9.17, 15) is 18.5 Å². The maximum absolute atomic E-state index is 12.3. The van der Waals surface area contributed by atoms with Crippen molar-refractivity contribution >= 4 is 32.7 Å². The molecule has 3 aromatic rings. The Morgan fingerprint density at radius 2 is 1.72 bits per heavy atom. The van der Waals surface area contributed by atoms with Crippen LogP contribution in [0.25, 0.3) is 10.8 Å². The Morgan fingerprint density at radius 1 is 0.960 bits per heavy atom. The third-order valence-corrected chi connectivity index (χ3v) is 4.72. The monoisotopic (exact) mass is 355 g/mol. The molecule has 0 unspecified atom stereocenters. The van der Waals surface area contributed by atoms with Gasteiger partial charge in [-0.1, -0.05) is 42.5 Å². The highest BCUT2D eigenvalue weighted by Crippen LogP contribution is 2.18. The summed E-state index contributed by atoms with van der Waals surface area (Å²) in [6, 6.07) is 17.9. The van der Waals surface area contributed by atoms with Crippen molar-refractivity contribution in [2.75, 3.05) is 0 Å². The van der Waals surface area contributed by atoms with Gasteiger partial charge in [-0.2, -0.15) is 13.5 Å². The smallest absolute Gasteiger partial charge is 0.258 e. The molecular weight excluding hydrogens is 342 g/mol. The highest BCUT2D eigenvalue weighted by atomic mass is 32.2. The van der Waals surface area contributed by atoms with E-state index in [0.717, 1.165) is 10.8 Å². The number of nitrogens with zero attached hydrogens (tertiary/aromatic N) is 2. The lowest BCUT2D eigenvalue weighted by Crippen LogP contribution is -2.18. The van der Waals surface area contributed by atoms with E-state index in [1.54, 1.807) is 18.2 Å². The number of benzene rings is 3. The summed E-state index contributed by atoms with van der Waals surface area (Å²) in [5.74, 6) is 0. The minimum Gasteiger partial charge on any atom is -0.258 e. The third kappa shape index (κ3) is 3.81. The SMILES string of the molecule is O=[N+]([O-])c1cccc(/C=N/NS(=O)(=O)c2ccc3ccccc3c2)c1. The van der Waals surface area contributed by atoms with Gasteiger partial charge in [-0.15, -0.1) is 0 Å². The van der Waals surface area contributed by atoms with Gasteiger partial charge in [-0.3, -0.25) is 10.1 Å². The molecule has 0 radical (unpaired) electrons. The minimum absolute atomic E-state index is 0.0855. The molecule has 126 valence electrons. The third-order valence-electron chi connectivity index (χ3n) is 3.50. The van der Waals surface area contributed by atoms with Gasteiger partial charge in [0.2, 0.25) is 0 Å². The number of sulfonamides is 1. The van der Waals surface area contributed by atoms with Gasteiger partial charge < -0.3 is 0 Å². The molecule has 0 saturated carbocycles. The summed E-state index contributed by atoms with van der Waals surface area (Å²) in [6.07, 6.45) is 1.21. The van der Waals surface area contributed by atoms with Crippen LogP contribution in [0.1, 0.15) is 5.56 Å². The molecule has 25 heavy (non-hydrogen) atoms. The predicted octanol–water partition coefficient (Wildman–Crippen LogP) is 3.06. The van der Waals surface area contributed by atoms with Crippen LogP contribution in [0.3, 0.4) is 0 Å². The zero-order valence-electron chi connectivity index (χ0n) is 12.9. The van der Waals surface area contributed by atoms with E-state index >= 15 is 0 Å². The van der Waals surface area contributed by atoms with Gasteiger partial charge in [0.25, 0.3) is 15.7 Å². The molecule has 0 aliphatic carbocycles. The summed E-state index contributed by atoms with van der Waals surface area (Å²) in [7, 11) is -3.83. The van der Waals surface area contributed by atoms with Gasteiger partial charge in [0, 0.05) is 17.7 Å². The number of rotatable bonds is 5. The first-order valence-corrected chi connectivity index (χ1v) is 8.72. The molecule has 7 nitrogen and oxygen atoms in total. The standard InChI is InChI=1S/C17H13N3O4S/c21-20(22)16-7-3-4-13(10-16)12-18-19-25(23,24)17-9-8-14-5-1-2-6-15(14)11-17/h1-12,19H/b18-12+. The van der Waals surface area contributed by atoms with Crippen LogP contribution >= 0.6 is 0 Å². The van der Waals surface area contributed by atoms with Gasteiger partial charge >= 0.3 is 0 Å². The average Bonchev–Trinajstić information content (AvgIpc) is 2.61. The number of nitro benzene ring substituents is 1. The van der Waals surface area contributed by atoms with E-state index in [0.29, 0.717) is 5.56 Å². The largest absolute Gasteiger partial charge is 0.276 e. The zero-order valence-corrected chi connectivity index (χ0v) is 13.7. The van der Waals surface area contributed by atoms with Crippen molar-refractivity contribution in [3.8, 4) is 0 Å². The first-order valence-electron chi connectivity index (χ1n) is 7.24. The van der Waals surface area contributed by atoms with Crippen molar-refractivity contribution in [2.45, 2.75) is 4.90 Å². The lowest BCUT2D eigenvalue weighted by Gasteiger charge is -2.05. The summed E-state index contributed by atoms with van der Waals surface area (Å²) in [6.45, 7) is 0. The zero-order chi connectivity index (χ0) is 17.9. The molecule has 0 bridgehead atoms. The molecule has 0 fully saturated rings. The van der Waals surface area contributed by atoms with Crippen molar-refractivity contribution in [1.29, 1.82) is 0 Å². The van der Waals surface area contributed by atoms with Crippen LogP contribution in [0.15, 0.2) is 76.7 Å². The fraction of sp³-hybridized carbons (Fsp3) is 0.